The number of carbonyl (C=O) groups excluding carboxylic acids is 12. The molecule has 0 fully saturated rings. The normalized spacial score (nSPS) is 14.7. The first-order chi connectivity index (χ1) is 42.6. The average molecular weight is 1260 g/mol. The highest BCUT2D eigenvalue weighted by Crippen LogP contribution is 2.16. The number of hydrogen-bond donors (Lipinski definition) is 13. The van der Waals surface area contributed by atoms with Gasteiger partial charge in [0.05, 0.1) is 12.1 Å². The van der Waals surface area contributed by atoms with E-state index in [0.717, 1.165) is 32.6 Å². The SMILES string of the molecule is CCCCCC(NC(=O)C(Cc1ccc(O)cc1)NC(=O)C(CCC(=O)O)NC(=O)C(CCC(=O)O)NC(=O)C(NC(=O)C(CCCCC)NC(=O)C(Cc1ccccc1)NC(=O)C(CC=O)NC(=O)C(CC(C)=O)NC(=O)C(C)CCCC)C(C)O)C(C)=O. The molecule has 11 unspecified atom stereocenters. The number of ketones is 2. The smallest absolute Gasteiger partial charge is 0.303 e. The zero-order valence-electron chi connectivity index (χ0n) is 52.6. The van der Waals surface area contributed by atoms with Gasteiger partial charge in [-0.15, -0.1) is 0 Å². The summed E-state index contributed by atoms with van der Waals surface area (Å²) in [5, 5.41) is 62.6. The largest absolute Gasteiger partial charge is 0.508 e. The number of phenols is 1. The Bertz CT molecular complexity index is 2730. The van der Waals surface area contributed by atoms with Gasteiger partial charge < -0.3 is 73.1 Å². The van der Waals surface area contributed by atoms with E-state index in [0.29, 0.717) is 49.5 Å². The van der Waals surface area contributed by atoms with Gasteiger partial charge in [0, 0.05) is 44.4 Å². The van der Waals surface area contributed by atoms with E-state index < -0.39 is 176 Å². The summed E-state index contributed by atoms with van der Waals surface area (Å²) in [4.78, 5) is 187. The van der Waals surface area contributed by atoms with Gasteiger partial charge in [-0.05, 0) is 76.1 Å². The third-order valence-corrected chi connectivity index (χ3v) is 14.7. The van der Waals surface area contributed by atoms with Crippen LogP contribution in [0.1, 0.15) is 169 Å². The van der Waals surface area contributed by atoms with Crippen molar-refractivity contribution < 1.29 is 87.5 Å². The minimum atomic E-state index is -1.93. The third kappa shape index (κ3) is 29.6. The van der Waals surface area contributed by atoms with E-state index in [4.69, 9.17) is 0 Å². The Hall–Kier alpha value is -8.62. The number of aliphatic carboxylic acids is 2. The van der Waals surface area contributed by atoms with Crippen molar-refractivity contribution in [1.29, 1.82) is 0 Å². The van der Waals surface area contributed by atoms with Crippen LogP contribution in [-0.4, -0.2) is 164 Å². The molecular formula is C63H93N9O18. The average Bonchev–Trinajstić information content (AvgIpc) is 1.68. The Balaban J connectivity index is 2.52. The van der Waals surface area contributed by atoms with Gasteiger partial charge in [-0.3, -0.25) is 62.3 Å². The van der Waals surface area contributed by atoms with Crippen LogP contribution in [0.3, 0.4) is 0 Å². The summed E-state index contributed by atoms with van der Waals surface area (Å²) in [7, 11) is 0. The summed E-state index contributed by atoms with van der Waals surface area (Å²) in [5.74, 6) is -13.2. The van der Waals surface area contributed by atoms with Crippen LogP contribution in [0, 0.1) is 5.92 Å². The molecule has 2 aromatic rings. The molecule has 11 atom stereocenters. The van der Waals surface area contributed by atoms with Crippen molar-refractivity contribution in [1.82, 2.24) is 47.9 Å². The van der Waals surface area contributed by atoms with Crippen LogP contribution in [0.4, 0.5) is 0 Å². The van der Waals surface area contributed by atoms with E-state index in [9.17, 15) is 87.5 Å². The number of carbonyl (C=O) groups is 14. The fraction of sp³-hybridized carbons (Fsp3) is 0.587. The molecule has 0 aliphatic rings. The molecule has 0 saturated carbocycles. The second kappa shape index (κ2) is 41.6. The van der Waals surface area contributed by atoms with Crippen LogP contribution >= 0.6 is 0 Å². The van der Waals surface area contributed by atoms with Crippen molar-refractivity contribution in [3.05, 3.63) is 65.7 Å². The minimum absolute atomic E-state index is 0.0765. The molecular weight excluding hydrogens is 1170 g/mol. The number of aromatic hydroxyl groups is 1. The number of aliphatic hydroxyl groups excluding tert-OH is 1. The number of hydrogen-bond acceptors (Lipinski definition) is 16. The number of benzene rings is 2. The number of amides is 9. The van der Waals surface area contributed by atoms with Crippen molar-refractivity contribution in [3.8, 4) is 5.75 Å². The van der Waals surface area contributed by atoms with Crippen LogP contribution in [0.25, 0.3) is 0 Å². The van der Waals surface area contributed by atoms with Crippen molar-refractivity contribution in [2.45, 2.75) is 231 Å². The number of aliphatic hydroxyl groups is 1. The van der Waals surface area contributed by atoms with Gasteiger partial charge in [-0.2, -0.15) is 0 Å². The fourth-order valence-electron chi connectivity index (χ4n) is 9.39. The van der Waals surface area contributed by atoms with Crippen LogP contribution in [-0.2, 0) is 80.0 Å². The van der Waals surface area contributed by atoms with Crippen molar-refractivity contribution in [2.75, 3.05) is 0 Å². The number of unbranched alkanes of at least 4 members (excludes halogenated alkanes) is 5. The molecule has 498 valence electrons. The van der Waals surface area contributed by atoms with E-state index in [1.165, 1.54) is 38.1 Å². The fourth-order valence-corrected chi connectivity index (χ4v) is 9.39. The molecule has 90 heavy (non-hydrogen) atoms. The van der Waals surface area contributed by atoms with Gasteiger partial charge in [0.15, 0.2) is 5.78 Å². The monoisotopic (exact) mass is 1260 g/mol. The molecule has 0 spiro atoms. The molecule has 0 aliphatic carbocycles. The number of rotatable bonds is 45. The zero-order valence-corrected chi connectivity index (χ0v) is 52.6. The highest BCUT2D eigenvalue weighted by molar-refractivity contribution is 6.00. The van der Waals surface area contributed by atoms with Crippen LogP contribution in [0.5, 0.6) is 5.75 Å². The number of phenolic OH excluding ortho intramolecular Hbond substituents is 1. The molecule has 0 radical (unpaired) electrons. The van der Waals surface area contributed by atoms with Crippen molar-refractivity contribution in [2.24, 2.45) is 5.92 Å². The maximum absolute atomic E-state index is 14.5. The summed E-state index contributed by atoms with van der Waals surface area (Å²) in [6.45, 7) is 11.0. The van der Waals surface area contributed by atoms with Gasteiger partial charge in [-0.25, -0.2) is 0 Å². The predicted octanol–water partition coefficient (Wildman–Crippen LogP) is 1.80. The second-order valence-electron chi connectivity index (χ2n) is 22.6. The van der Waals surface area contributed by atoms with Crippen LogP contribution in [0.2, 0.25) is 0 Å². The highest BCUT2D eigenvalue weighted by atomic mass is 16.4. The maximum atomic E-state index is 14.5. The van der Waals surface area contributed by atoms with Gasteiger partial charge in [0.1, 0.15) is 66.2 Å². The first kappa shape index (κ1) is 77.5. The number of aldehydes is 1. The van der Waals surface area contributed by atoms with Gasteiger partial charge in [0.25, 0.3) is 0 Å². The molecule has 13 N–H and O–H groups in total. The van der Waals surface area contributed by atoms with E-state index in [1.807, 2.05) is 20.8 Å². The van der Waals surface area contributed by atoms with Gasteiger partial charge in [0.2, 0.25) is 53.2 Å². The molecule has 9 amide bonds. The first-order valence-corrected chi connectivity index (χ1v) is 30.7. The number of carboxylic acid groups (broad SMARTS) is 2. The van der Waals surface area contributed by atoms with Crippen LogP contribution in [0.15, 0.2) is 54.6 Å². The Morgan fingerprint density at radius 3 is 1.28 bits per heavy atom. The Kier molecular flexibility index (Phi) is 35.8. The molecule has 2 rings (SSSR count). The molecule has 0 aliphatic heterocycles. The lowest BCUT2D eigenvalue weighted by atomic mass is 10.0. The number of Topliss-reactive ketones (excluding diaryl/α,β-unsaturated/α-hetero) is 2. The van der Waals surface area contributed by atoms with E-state index >= 15 is 0 Å². The van der Waals surface area contributed by atoms with Crippen molar-refractivity contribution in [3.63, 3.8) is 0 Å². The predicted molar refractivity (Wildman–Crippen MR) is 328 cm³/mol. The van der Waals surface area contributed by atoms with E-state index in [-0.39, 0.29) is 37.2 Å². The Morgan fingerprint density at radius 1 is 0.433 bits per heavy atom. The second-order valence-corrected chi connectivity index (χ2v) is 22.6. The molecule has 0 heterocycles. The summed E-state index contributed by atoms with van der Waals surface area (Å²) in [6, 6.07) is -0.113. The van der Waals surface area contributed by atoms with Crippen LogP contribution < -0.4 is 47.9 Å². The lowest BCUT2D eigenvalue weighted by Gasteiger charge is -2.29. The topological polar surface area (TPSA) is 428 Å². The summed E-state index contributed by atoms with van der Waals surface area (Å²) in [6.07, 6.45) is 0.253. The van der Waals surface area contributed by atoms with Gasteiger partial charge in [-0.1, -0.05) is 122 Å². The molecule has 0 bridgehead atoms. The zero-order chi connectivity index (χ0) is 67.5. The number of nitrogens with one attached hydrogen (secondary N) is 9. The minimum Gasteiger partial charge on any atom is -0.508 e. The molecule has 0 saturated heterocycles. The summed E-state index contributed by atoms with van der Waals surface area (Å²) >= 11 is 0. The highest BCUT2D eigenvalue weighted by Gasteiger charge is 2.37. The molecule has 2 aromatic carbocycles. The lowest BCUT2D eigenvalue weighted by Crippen LogP contribution is -2.62. The summed E-state index contributed by atoms with van der Waals surface area (Å²) < 4.78 is 0. The summed E-state index contributed by atoms with van der Waals surface area (Å²) in [5.41, 5.74) is 0.948. The lowest BCUT2D eigenvalue weighted by molar-refractivity contribution is -0.140. The van der Waals surface area contributed by atoms with Gasteiger partial charge >= 0.3 is 11.9 Å². The number of carboxylic acids is 2. The molecule has 0 aromatic heterocycles. The van der Waals surface area contributed by atoms with Crippen molar-refractivity contribution >= 4 is 83.0 Å². The maximum Gasteiger partial charge on any atom is 0.303 e. The Morgan fingerprint density at radius 2 is 0.822 bits per heavy atom. The van der Waals surface area contributed by atoms with E-state index in [2.05, 4.69) is 47.9 Å². The molecule has 27 heteroatoms. The quantitative estimate of drug-likeness (QED) is 0.0332. The standard InChI is InChI=1S/C63H93N9O18/c1-8-11-15-22-44(39(6)75)64-61(88)51(36-42-24-26-43(77)27-25-42)70-57(84)46(28-30-52(78)79)66-56(83)47(29-31-53(80)81)68-63(90)54(40(7)76)72-59(86)45(23-16-12-9-2)65-62(89)50(35-41-20-17-14-18-21-41)71-58(85)48(32-33-73)67-60(87)49(34-38(5)74)69-55(82)37(4)19-13-10-3/h14,17-18,20-21,24-27,33,37,40,44-51,54,76-77H,8-13,15-16,19,22-23,28-32,34-36H2,1-7H3,(H,64,88)(H,65,89)(H,66,83)(H,67,87)(H,68,90)(H,69,82)(H,70,84)(H,71,85)(H,72,86)(H,78,79)(H,80,81). The van der Waals surface area contributed by atoms with E-state index in [1.54, 1.807) is 37.3 Å². The molecule has 27 nitrogen and oxygen atoms in total. The third-order valence-electron chi connectivity index (χ3n) is 14.7. The first-order valence-electron chi connectivity index (χ1n) is 30.7. The Labute approximate surface area is 524 Å².